The van der Waals surface area contributed by atoms with Gasteiger partial charge in [-0.1, -0.05) is 17.8 Å². The number of aromatic nitrogens is 2. The molecule has 0 saturated heterocycles. The van der Waals surface area contributed by atoms with Gasteiger partial charge in [0.2, 0.25) is 0 Å². The van der Waals surface area contributed by atoms with Gasteiger partial charge >= 0.3 is 5.97 Å². The van der Waals surface area contributed by atoms with Crippen LogP contribution in [0.5, 0.6) is 0 Å². The van der Waals surface area contributed by atoms with Gasteiger partial charge in [-0.25, -0.2) is 4.98 Å². The Bertz CT molecular complexity index is 580. The zero-order chi connectivity index (χ0) is 13.0. The van der Waals surface area contributed by atoms with Crippen LogP contribution in [0.4, 0.5) is 0 Å². The fraction of sp³-hybridized carbons (Fsp3) is 0.250. The maximum absolute atomic E-state index is 11.3. The lowest BCUT2D eigenvalue weighted by molar-refractivity contribution is -0.139. The first-order chi connectivity index (χ1) is 8.76. The highest BCUT2D eigenvalue weighted by Crippen LogP contribution is 2.22. The highest BCUT2D eigenvalue weighted by Gasteiger charge is 2.13. The average molecular weight is 264 g/mol. The predicted molar refractivity (Wildman–Crippen MR) is 67.9 cm³/mol. The quantitative estimate of drug-likeness (QED) is 0.468. The number of ether oxygens (including phenoxy) is 1. The van der Waals surface area contributed by atoms with E-state index in [-0.39, 0.29) is 11.7 Å². The molecule has 2 aromatic rings. The monoisotopic (exact) mass is 264 g/mol. The molecule has 2 heterocycles. The van der Waals surface area contributed by atoms with Crippen LogP contribution in [-0.4, -0.2) is 34.0 Å². The summed E-state index contributed by atoms with van der Waals surface area (Å²) < 4.78 is 6.52. The summed E-state index contributed by atoms with van der Waals surface area (Å²) in [5.41, 5.74) is 1.14. The summed E-state index contributed by atoms with van der Waals surface area (Å²) in [6.45, 7) is 2.11. The van der Waals surface area contributed by atoms with Gasteiger partial charge < -0.3 is 4.74 Å². The van der Waals surface area contributed by atoms with E-state index in [1.165, 1.54) is 11.8 Å². The van der Waals surface area contributed by atoms with Crippen LogP contribution in [0.1, 0.15) is 17.4 Å². The summed E-state index contributed by atoms with van der Waals surface area (Å²) in [6, 6.07) is 5.47. The van der Waals surface area contributed by atoms with Gasteiger partial charge in [0, 0.05) is 6.20 Å². The molecule has 0 atom stereocenters. The standard InChI is InChI=1S/C12H12N2O3S/c1-2-17-11(16)8-18-12-9(7-15)14-6-4-3-5-10(14)13-12/h3-7H,2,8H2,1H3. The Kier molecular flexibility index (Phi) is 3.99. The van der Waals surface area contributed by atoms with Gasteiger partial charge in [0.25, 0.3) is 0 Å². The Hall–Kier alpha value is -1.82. The maximum Gasteiger partial charge on any atom is 0.316 e. The second-order valence-electron chi connectivity index (χ2n) is 3.44. The van der Waals surface area contributed by atoms with Crippen LogP contribution in [0.3, 0.4) is 0 Å². The molecule has 0 bridgehead atoms. The van der Waals surface area contributed by atoms with Crippen LogP contribution in [0.25, 0.3) is 5.65 Å². The Morgan fingerprint density at radius 3 is 3.11 bits per heavy atom. The van der Waals surface area contributed by atoms with Crippen molar-refractivity contribution in [3.8, 4) is 0 Å². The fourth-order valence-corrected chi connectivity index (χ4v) is 2.33. The fourth-order valence-electron chi connectivity index (χ4n) is 1.54. The van der Waals surface area contributed by atoms with E-state index in [0.717, 1.165) is 6.29 Å². The van der Waals surface area contributed by atoms with Crippen molar-refractivity contribution in [2.45, 2.75) is 11.9 Å². The van der Waals surface area contributed by atoms with Crippen molar-refractivity contribution in [1.29, 1.82) is 0 Å². The number of hydrogen-bond donors (Lipinski definition) is 0. The minimum Gasteiger partial charge on any atom is -0.465 e. The molecular weight excluding hydrogens is 252 g/mol. The number of thioether (sulfide) groups is 1. The lowest BCUT2D eigenvalue weighted by Crippen LogP contribution is -2.06. The lowest BCUT2D eigenvalue weighted by Gasteiger charge is -2.00. The van der Waals surface area contributed by atoms with Crippen molar-refractivity contribution in [3.63, 3.8) is 0 Å². The third kappa shape index (κ3) is 2.53. The first kappa shape index (κ1) is 12.6. The number of esters is 1. The Morgan fingerprint density at radius 2 is 2.39 bits per heavy atom. The van der Waals surface area contributed by atoms with E-state index in [2.05, 4.69) is 4.98 Å². The molecule has 5 nitrogen and oxygen atoms in total. The van der Waals surface area contributed by atoms with Crippen LogP contribution < -0.4 is 0 Å². The summed E-state index contributed by atoms with van der Waals surface area (Å²) in [5, 5.41) is 0.546. The number of pyridine rings is 1. The van der Waals surface area contributed by atoms with Gasteiger partial charge in [0.1, 0.15) is 16.4 Å². The average Bonchev–Trinajstić information content (AvgIpc) is 2.74. The van der Waals surface area contributed by atoms with Crippen LogP contribution >= 0.6 is 11.8 Å². The van der Waals surface area contributed by atoms with Gasteiger partial charge in [-0.2, -0.15) is 0 Å². The molecule has 0 radical (unpaired) electrons. The van der Waals surface area contributed by atoms with Crippen molar-refractivity contribution in [3.05, 3.63) is 30.1 Å². The molecule has 0 unspecified atom stereocenters. The smallest absolute Gasteiger partial charge is 0.316 e. The van der Waals surface area contributed by atoms with Gasteiger partial charge in [-0.05, 0) is 19.1 Å². The van der Waals surface area contributed by atoms with E-state index in [4.69, 9.17) is 4.74 Å². The zero-order valence-corrected chi connectivity index (χ0v) is 10.6. The van der Waals surface area contributed by atoms with E-state index >= 15 is 0 Å². The Morgan fingerprint density at radius 1 is 1.56 bits per heavy atom. The highest BCUT2D eigenvalue weighted by atomic mass is 32.2. The molecule has 0 N–H and O–H groups in total. The van der Waals surface area contributed by atoms with Crippen molar-refractivity contribution in [1.82, 2.24) is 9.38 Å². The minimum absolute atomic E-state index is 0.151. The van der Waals surface area contributed by atoms with Crippen molar-refractivity contribution < 1.29 is 14.3 Å². The van der Waals surface area contributed by atoms with E-state index in [1.807, 2.05) is 12.1 Å². The molecule has 0 fully saturated rings. The van der Waals surface area contributed by atoms with Gasteiger partial charge in [0.05, 0.1) is 12.4 Å². The number of rotatable bonds is 5. The molecule has 94 valence electrons. The number of nitrogens with zero attached hydrogens (tertiary/aromatic N) is 2. The molecule has 0 spiro atoms. The molecular formula is C12H12N2O3S. The van der Waals surface area contributed by atoms with Gasteiger partial charge in [-0.3, -0.25) is 14.0 Å². The topological polar surface area (TPSA) is 60.7 Å². The molecule has 0 amide bonds. The third-order valence-electron chi connectivity index (χ3n) is 2.28. The van der Waals surface area contributed by atoms with Crippen molar-refractivity contribution in [2.24, 2.45) is 0 Å². The van der Waals surface area contributed by atoms with Crippen molar-refractivity contribution in [2.75, 3.05) is 12.4 Å². The van der Waals surface area contributed by atoms with E-state index in [0.29, 0.717) is 23.0 Å². The molecule has 0 aliphatic carbocycles. The number of fused-ring (bicyclic) bond motifs is 1. The summed E-state index contributed by atoms with van der Waals surface area (Å²) in [5.74, 6) is -0.158. The molecule has 2 aromatic heterocycles. The van der Waals surface area contributed by atoms with Crippen molar-refractivity contribution >= 4 is 29.7 Å². The Balaban J connectivity index is 2.22. The zero-order valence-electron chi connectivity index (χ0n) is 9.83. The van der Waals surface area contributed by atoms with Gasteiger partial charge in [0.15, 0.2) is 6.29 Å². The van der Waals surface area contributed by atoms with Crippen LogP contribution in [0.15, 0.2) is 29.4 Å². The number of carbonyl (C=O) groups is 2. The Labute approximate surface area is 108 Å². The lowest BCUT2D eigenvalue weighted by atomic mass is 10.4. The second-order valence-corrected chi connectivity index (χ2v) is 4.41. The van der Waals surface area contributed by atoms with Crippen LogP contribution in [0, 0.1) is 0 Å². The first-order valence-corrected chi connectivity index (χ1v) is 6.45. The molecule has 18 heavy (non-hydrogen) atoms. The summed E-state index contributed by atoms with van der Waals surface area (Å²) in [7, 11) is 0. The van der Waals surface area contributed by atoms with Crippen LogP contribution in [-0.2, 0) is 9.53 Å². The van der Waals surface area contributed by atoms with E-state index in [9.17, 15) is 9.59 Å². The van der Waals surface area contributed by atoms with E-state index in [1.54, 1.807) is 23.6 Å². The number of hydrogen-bond acceptors (Lipinski definition) is 5. The number of imidazole rings is 1. The minimum atomic E-state index is -0.309. The molecule has 2 rings (SSSR count). The largest absolute Gasteiger partial charge is 0.465 e. The number of carbonyl (C=O) groups excluding carboxylic acids is 2. The predicted octanol–water partition coefficient (Wildman–Crippen LogP) is 1.80. The normalized spacial score (nSPS) is 10.5. The molecule has 6 heteroatoms. The SMILES string of the molecule is CCOC(=O)CSc1nc2ccccn2c1C=O. The summed E-state index contributed by atoms with van der Waals surface area (Å²) >= 11 is 1.21. The summed E-state index contributed by atoms with van der Waals surface area (Å²) in [4.78, 5) is 26.7. The first-order valence-electron chi connectivity index (χ1n) is 5.47. The molecule has 0 aliphatic heterocycles. The molecule has 0 saturated carbocycles. The summed E-state index contributed by atoms with van der Waals surface area (Å²) in [6.07, 6.45) is 2.51. The molecule has 0 aliphatic rings. The number of aldehydes is 1. The third-order valence-corrected chi connectivity index (χ3v) is 3.23. The maximum atomic E-state index is 11.3. The van der Waals surface area contributed by atoms with E-state index < -0.39 is 0 Å². The second kappa shape index (κ2) is 5.68. The van der Waals surface area contributed by atoms with Crippen LogP contribution in [0.2, 0.25) is 0 Å². The molecule has 0 aromatic carbocycles. The van der Waals surface area contributed by atoms with Gasteiger partial charge in [-0.15, -0.1) is 0 Å². The highest BCUT2D eigenvalue weighted by molar-refractivity contribution is 8.00.